The van der Waals surface area contributed by atoms with Crippen molar-refractivity contribution in [2.24, 2.45) is 11.8 Å². The maximum Gasteiger partial charge on any atom is 0.171 e. The van der Waals surface area contributed by atoms with Crippen LogP contribution in [0, 0.1) is 11.8 Å². The fourth-order valence-electron chi connectivity index (χ4n) is 3.92. The summed E-state index contributed by atoms with van der Waals surface area (Å²) in [5, 5.41) is 3.99. The minimum atomic E-state index is -0.403. The molecular weight excluding hydrogens is 376 g/mol. The highest BCUT2D eigenvalue weighted by atomic mass is 79.9. The lowest BCUT2D eigenvalue weighted by Gasteiger charge is -2.29. The van der Waals surface area contributed by atoms with Crippen LogP contribution in [0.4, 0.5) is 0 Å². The molecule has 2 aliphatic rings. The molecule has 25 heavy (non-hydrogen) atoms. The number of hydrogen-bond donors (Lipinski definition) is 0. The third-order valence-electron chi connectivity index (χ3n) is 5.18. The first kappa shape index (κ1) is 14.8. The van der Waals surface area contributed by atoms with Crippen molar-refractivity contribution < 1.29 is 9.59 Å². The number of Topliss-reactive ketones (excluding diaryl/α,β-unsaturated/α-hetero) is 2. The SMILES string of the molecule is O=C1c2cc3ccc(Br)cc3cc2C(=O)C2C=c3ccccc3=CC12. The molecule has 2 atom stereocenters. The van der Waals surface area contributed by atoms with E-state index in [1.165, 1.54) is 0 Å². The molecule has 0 amide bonds. The van der Waals surface area contributed by atoms with E-state index < -0.39 is 11.8 Å². The molecule has 5 rings (SSSR count). The summed E-state index contributed by atoms with van der Waals surface area (Å²) < 4.78 is 0.957. The molecule has 120 valence electrons. The van der Waals surface area contributed by atoms with Gasteiger partial charge in [0.25, 0.3) is 0 Å². The summed E-state index contributed by atoms with van der Waals surface area (Å²) >= 11 is 3.47. The van der Waals surface area contributed by atoms with Gasteiger partial charge in [-0.05, 0) is 45.5 Å². The Kier molecular flexibility index (Phi) is 3.10. The lowest BCUT2D eigenvalue weighted by atomic mass is 9.71. The van der Waals surface area contributed by atoms with Gasteiger partial charge in [0.1, 0.15) is 0 Å². The number of rotatable bonds is 0. The van der Waals surface area contributed by atoms with Crippen molar-refractivity contribution in [3.8, 4) is 0 Å². The van der Waals surface area contributed by atoms with Crippen LogP contribution in [0.3, 0.4) is 0 Å². The van der Waals surface area contributed by atoms with Crippen molar-refractivity contribution >= 4 is 50.4 Å². The highest BCUT2D eigenvalue weighted by Crippen LogP contribution is 2.35. The van der Waals surface area contributed by atoms with Crippen LogP contribution in [-0.4, -0.2) is 11.6 Å². The van der Waals surface area contributed by atoms with Crippen molar-refractivity contribution in [2.75, 3.05) is 0 Å². The van der Waals surface area contributed by atoms with E-state index >= 15 is 0 Å². The van der Waals surface area contributed by atoms with Crippen LogP contribution in [-0.2, 0) is 0 Å². The van der Waals surface area contributed by atoms with Crippen LogP contribution in [0.2, 0.25) is 0 Å². The molecule has 0 fully saturated rings. The van der Waals surface area contributed by atoms with Gasteiger partial charge in [-0.25, -0.2) is 0 Å². The van der Waals surface area contributed by atoms with Crippen LogP contribution >= 0.6 is 15.9 Å². The molecule has 3 aromatic carbocycles. The Morgan fingerprint density at radius 3 is 1.84 bits per heavy atom. The van der Waals surface area contributed by atoms with Crippen LogP contribution in [0.25, 0.3) is 22.9 Å². The third kappa shape index (κ3) is 2.16. The predicted molar refractivity (Wildman–Crippen MR) is 102 cm³/mol. The number of halogens is 1. The van der Waals surface area contributed by atoms with Gasteiger partial charge in [-0.2, -0.15) is 0 Å². The van der Waals surface area contributed by atoms with E-state index in [4.69, 9.17) is 0 Å². The van der Waals surface area contributed by atoms with Gasteiger partial charge in [-0.3, -0.25) is 9.59 Å². The summed E-state index contributed by atoms with van der Waals surface area (Å²) in [6.07, 6.45) is 3.91. The molecule has 0 aromatic heterocycles. The van der Waals surface area contributed by atoms with Gasteiger partial charge in [-0.15, -0.1) is 0 Å². The zero-order chi connectivity index (χ0) is 17.1. The number of fused-ring (bicyclic) bond motifs is 4. The molecule has 0 spiro atoms. The Morgan fingerprint density at radius 2 is 1.24 bits per heavy atom. The van der Waals surface area contributed by atoms with Gasteiger partial charge < -0.3 is 0 Å². The highest BCUT2D eigenvalue weighted by Gasteiger charge is 2.40. The average molecular weight is 389 g/mol. The normalized spacial score (nSPS) is 21.0. The van der Waals surface area contributed by atoms with Gasteiger partial charge in [0.15, 0.2) is 11.6 Å². The number of carbonyl (C=O) groups is 2. The molecular formula is C22H13BrO2. The zero-order valence-electron chi connectivity index (χ0n) is 13.2. The van der Waals surface area contributed by atoms with Gasteiger partial charge in [0.05, 0.1) is 11.8 Å². The van der Waals surface area contributed by atoms with E-state index in [0.29, 0.717) is 11.1 Å². The van der Waals surface area contributed by atoms with E-state index in [2.05, 4.69) is 15.9 Å². The monoisotopic (exact) mass is 388 g/mol. The molecule has 0 aliphatic heterocycles. The quantitative estimate of drug-likeness (QED) is 0.590. The molecule has 0 saturated heterocycles. The summed E-state index contributed by atoms with van der Waals surface area (Å²) in [4.78, 5) is 26.2. The lowest BCUT2D eigenvalue weighted by Crippen LogP contribution is -2.42. The Bertz CT molecular complexity index is 1210. The van der Waals surface area contributed by atoms with E-state index in [9.17, 15) is 9.59 Å². The number of hydrogen-bond acceptors (Lipinski definition) is 2. The second-order valence-electron chi connectivity index (χ2n) is 6.63. The van der Waals surface area contributed by atoms with Crippen LogP contribution in [0.1, 0.15) is 20.7 Å². The minimum absolute atomic E-state index is 0.0345. The third-order valence-corrected chi connectivity index (χ3v) is 5.67. The van der Waals surface area contributed by atoms with Gasteiger partial charge >= 0.3 is 0 Å². The molecule has 3 aromatic rings. The van der Waals surface area contributed by atoms with Crippen molar-refractivity contribution in [1.82, 2.24) is 0 Å². The largest absolute Gasteiger partial charge is 0.293 e. The molecule has 0 radical (unpaired) electrons. The number of ketones is 2. The molecule has 2 aliphatic carbocycles. The fraction of sp³-hybridized carbons (Fsp3) is 0.0909. The summed E-state index contributed by atoms with van der Waals surface area (Å²) in [5.74, 6) is -0.732. The van der Waals surface area contributed by atoms with Crippen molar-refractivity contribution in [3.05, 3.63) is 80.6 Å². The predicted octanol–water partition coefficient (Wildman–Crippen LogP) is 3.49. The topological polar surface area (TPSA) is 34.1 Å². The standard InChI is InChI=1S/C22H13BrO2/c23-16-6-5-14-10-19-20(11-15(14)7-16)22(25)18-9-13-4-2-1-3-12(13)8-17(18)21(19)24/h1-11,17-18H. The van der Waals surface area contributed by atoms with E-state index in [1.54, 1.807) is 0 Å². The first-order valence-electron chi connectivity index (χ1n) is 8.22. The van der Waals surface area contributed by atoms with Gasteiger partial charge in [0.2, 0.25) is 0 Å². The van der Waals surface area contributed by atoms with Crippen LogP contribution < -0.4 is 10.4 Å². The summed E-state index contributed by atoms with van der Waals surface area (Å²) in [7, 11) is 0. The average Bonchev–Trinajstić information content (AvgIpc) is 2.63. The second-order valence-corrected chi connectivity index (χ2v) is 7.55. The smallest absolute Gasteiger partial charge is 0.171 e. The second kappa shape index (κ2) is 5.24. The zero-order valence-corrected chi connectivity index (χ0v) is 14.8. The number of carbonyl (C=O) groups excluding carboxylic acids is 2. The lowest BCUT2D eigenvalue weighted by molar-refractivity contribution is 0.0820. The Morgan fingerprint density at radius 1 is 0.680 bits per heavy atom. The molecule has 2 unspecified atom stereocenters. The number of benzene rings is 3. The van der Waals surface area contributed by atoms with Crippen molar-refractivity contribution in [1.29, 1.82) is 0 Å². The molecule has 0 N–H and O–H groups in total. The maximum atomic E-state index is 13.1. The van der Waals surface area contributed by atoms with Crippen LogP contribution in [0.15, 0.2) is 59.1 Å². The Balaban J connectivity index is 1.77. The first-order valence-corrected chi connectivity index (χ1v) is 9.02. The van der Waals surface area contributed by atoms with E-state index in [-0.39, 0.29) is 11.6 Å². The molecule has 2 nitrogen and oxygen atoms in total. The molecule has 0 heterocycles. The fourth-order valence-corrected chi connectivity index (χ4v) is 4.30. The molecule has 0 saturated carbocycles. The summed E-state index contributed by atoms with van der Waals surface area (Å²) in [5.41, 5.74) is 1.09. The van der Waals surface area contributed by atoms with Crippen LogP contribution in [0.5, 0.6) is 0 Å². The van der Waals surface area contributed by atoms with Gasteiger partial charge in [0, 0.05) is 15.6 Å². The summed E-state index contributed by atoms with van der Waals surface area (Å²) in [6, 6.07) is 17.5. The molecule has 0 bridgehead atoms. The molecule has 3 heteroatoms. The van der Waals surface area contributed by atoms with E-state index in [0.717, 1.165) is 25.7 Å². The van der Waals surface area contributed by atoms with Crippen molar-refractivity contribution in [3.63, 3.8) is 0 Å². The summed E-state index contributed by atoms with van der Waals surface area (Å²) in [6.45, 7) is 0. The Hall–Kier alpha value is -2.52. The van der Waals surface area contributed by atoms with E-state index in [1.807, 2.05) is 66.7 Å². The Labute approximate surface area is 152 Å². The minimum Gasteiger partial charge on any atom is -0.293 e. The maximum absolute atomic E-state index is 13.1. The van der Waals surface area contributed by atoms with Crippen molar-refractivity contribution in [2.45, 2.75) is 0 Å². The first-order chi connectivity index (χ1) is 12.1. The highest BCUT2D eigenvalue weighted by molar-refractivity contribution is 9.10. The van der Waals surface area contributed by atoms with Gasteiger partial charge in [-0.1, -0.05) is 58.4 Å².